The number of likely N-dealkylation sites (N-methyl/N-ethyl adjacent to an activating group) is 2. The quantitative estimate of drug-likeness (QED) is 0.00558. The number of fused-ring (bicyclic) bond motifs is 2. The van der Waals surface area contributed by atoms with E-state index in [1.165, 1.54) is 19.2 Å². The van der Waals surface area contributed by atoms with E-state index in [2.05, 4.69) is 30.7 Å². The van der Waals surface area contributed by atoms with E-state index in [0.717, 1.165) is 59.3 Å². The number of benzene rings is 6. The Hall–Kier alpha value is -7.81. The molecule has 1 aliphatic rings. The highest BCUT2D eigenvalue weighted by molar-refractivity contribution is 6.63. The van der Waals surface area contributed by atoms with Crippen LogP contribution in [0.3, 0.4) is 0 Å². The first-order valence-corrected chi connectivity index (χ1v) is 32.4. The molecule has 1 amide bonds. The van der Waals surface area contributed by atoms with Crippen molar-refractivity contribution in [1.29, 1.82) is 0 Å². The van der Waals surface area contributed by atoms with E-state index in [1.54, 1.807) is 96.2 Å². The number of methoxy groups -OCH3 is 6. The zero-order valence-electron chi connectivity index (χ0n) is 56.7. The van der Waals surface area contributed by atoms with Gasteiger partial charge in [0.15, 0.2) is 17.3 Å². The van der Waals surface area contributed by atoms with Crippen LogP contribution in [0.2, 0.25) is 25.1 Å². The van der Waals surface area contributed by atoms with Gasteiger partial charge in [-0.3, -0.25) is 44.6 Å². The Kier molecular flexibility index (Phi) is 42.5. The lowest BCUT2D eigenvalue weighted by molar-refractivity contribution is -0.484. The molecular weight excluding hydrogens is 1450 g/mol. The summed E-state index contributed by atoms with van der Waals surface area (Å²) in [5.41, 5.74) is 21.6. The first kappa shape index (κ1) is 88.3. The summed E-state index contributed by atoms with van der Waals surface area (Å²) < 4.78 is 53.5. The maximum atomic E-state index is 12.6. The number of aromatic nitrogens is 4. The molecule has 35 heteroatoms. The van der Waals surface area contributed by atoms with Crippen molar-refractivity contribution in [3.8, 4) is 11.5 Å². The Bertz CT molecular complexity index is 3890. The van der Waals surface area contributed by atoms with Crippen LogP contribution in [0.25, 0.3) is 22.1 Å². The molecule has 0 saturated heterocycles. The molecule has 0 aliphatic carbocycles. The number of rotatable bonds is 26. The molecular formula is C65H85Cl7FN14O13+. The topological polar surface area (TPSA) is 341 Å². The maximum Gasteiger partial charge on any atom is 0.344 e. The molecule has 0 spiro atoms. The summed E-state index contributed by atoms with van der Waals surface area (Å²) in [6, 6.07) is 28.9. The number of anilines is 5. The molecule has 100 heavy (non-hydrogen) atoms. The number of hydrogen-bond acceptors (Lipinski definition) is 21. The summed E-state index contributed by atoms with van der Waals surface area (Å²) in [6.07, 6.45) is 0.0652. The van der Waals surface area contributed by atoms with E-state index in [1.807, 2.05) is 63.9 Å². The van der Waals surface area contributed by atoms with Crippen molar-refractivity contribution >= 4 is 161 Å². The Labute approximate surface area is 615 Å². The largest absolute Gasteiger partial charge is 0.493 e. The van der Waals surface area contributed by atoms with E-state index >= 15 is 0 Å². The standard InChI is InChI=1S/C23H26ClN3O5.C10H12ClN3O.C9H11ClN2O3.C9H13ClN2O.C6H3ClFNO2.C5H10ClN2.C3H9NO.ClH/c1-4-32-20-9-5-15(13-21(20)31-3)19(28)8-10-22(29)26-23-25-17-14-16(24)6-7-18(17)27(23)11-12-30-2;1-15-5-4-14-9-3-2-7(11)6-8(9)13-10(14)12;1-15-5-4-11-8-3-2-7(10)6-9(8)12(13)14;1-13-5-4-12-9-3-2-7(10)6-8(9)11;7-4-1-2-5(8)6(3-4)9(10)11;1-7-3-4-8(2)5(7)6;1-5-3-2-4;/h5-7,9,13-14H,4,8,10-12H2,1-3H3,(H,25,26,29);2-3,6H,4-5H2,1H3,(H2,12,13);2-3,6,11H,4-5H2,1H3;2-3,6,12H,4-5,11H2,1H3;1-3H;3-4H2,1-2H3;2-4H2,1H3;1H/q;;;;;+1;;. The zero-order chi connectivity index (χ0) is 73.6. The zero-order valence-corrected chi connectivity index (χ0v) is 62.0. The fourth-order valence-electron chi connectivity index (χ4n) is 8.42. The molecule has 3 heterocycles. The van der Waals surface area contributed by atoms with Crippen molar-refractivity contribution in [3.05, 3.63) is 166 Å². The molecule has 2 aromatic heterocycles. The number of nitrogens with one attached hydrogen (secondary N) is 3. The molecule has 27 nitrogen and oxygen atoms in total. The SMILES string of the molecule is CCOc1ccc(C(=O)CCC(=O)Nc2nc3cc(Cl)ccc3n2CCOC)cc1OC.CN1CC[N+](C)=C1Cl.COCCN.COCCNc1ccc(Cl)cc1N.COCCNc1ccc(Cl)cc1[N+](=O)[O-].COCCn1c(N)nc2cc(Cl)ccc21.Cl.O=[N+]([O-])c1cc(Cl)ccc1F. The number of nitrogens with two attached hydrogens (primary N) is 3. The Morgan fingerprint density at radius 1 is 0.630 bits per heavy atom. The van der Waals surface area contributed by atoms with E-state index in [0.29, 0.717) is 132 Å². The average Bonchev–Trinajstić information content (AvgIpc) is 1.66. The number of imidazole rings is 2. The summed E-state index contributed by atoms with van der Waals surface area (Å²) >= 11 is 34.5. The van der Waals surface area contributed by atoms with Gasteiger partial charge in [-0.25, -0.2) is 9.97 Å². The van der Waals surface area contributed by atoms with Crippen LogP contribution in [0.1, 0.15) is 30.1 Å². The molecule has 9 N–H and O–H groups in total. The lowest BCUT2D eigenvalue weighted by atomic mass is 10.1. The summed E-state index contributed by atoms with van der Waals surface area (Å²) in [6.45, 7) is 10.4. The minimum absolute atomic E-state index is 0. The second-order valence-corrected chi connectivity index (χ2v) is 23.0. The number of ketones is 1. The number of nitro benzene ring substituents is 2. The number of Topliss-reactive ketones (excluding diaryl/α,β-unsaturated/α-hetero) is 1. The monoisotopic (exact) mass is 1530 g/mol. The van der Waals surface area contributed by atoms with Crippen LogP contribution in [0.4, 0.5) is 44.7 Å². The van der Waals surface area contributed by atoms with Crippen LogP contribution in [0.5, 0.6) is 11.5 Å². The second-order valence-electron chi connectivity index (χ2n) is 20.5. The predicted molar refractivity (Wildman–Crippen MR) is 399 cm³/mol. The first-order valence-electron chi connectivity index (χ1n) is 30.2. The molecule has 9 rings (SSSR count). The van der Waals surface area contributed by atoms with Crippen molar-refractivity contribution < 1.29 is 61.6 Å². The van der Waals surface area contributed by atoms with Gasteiger partial charge in [-0.05, 0) is 104 Å². The average molecular weight is 1540 g/mol. The van der Waals surface area contributed by atoms with Crippen LogP contribution in [0.15, 0.2) is 109 Å². The van der Waals surface area contributed by atoms with Crippen molar-refractivity contribution in [2.75, 3.05) is 157 Å². The molecule has 8 aromatic rings. The third-order valence-electron chi connectivity index (χ3n) is 13.3. The maximum absolute atomic E-state index is 12.6. The van der Waals surface area contributed by atoms with Crippen molar-refractivity contribution in [2.24, 2.45) is 5.73 Å². The number of ether oxygens (including phenoxy) is 7. The highest BCUT2D eigenvalue weighted by Gasteiger charge is 2.22. The summed E-state index contributed by atoms with van der Waals surface area (Å²) in [7, 11) is 13.6. The molecule has 0 saturated carbocycles. The molecule has 548 valence electrons. The van der Waals surface area contributed by atoms with Crippen molar-refractivity contribution in [2.45, 2.75) is 32.9 Å². The van der Waals surface area contributed by atoms with Crippen LogP contribution < -0.4 is 42.6 Å². The van der Waals surface area contributed by atoms with E-state index < -0.39 is 21.4 Å². The molecule has 6 aromatic carbocycles. The van der Waals surface area contributed by atoms with Crippen molar-refractivity contribution in [1.82, 2.24) is 24.0 Å². The van der Waals surface area contributed by atoms with Gasteiger partial charge in [-0.2, -0.15) is 4.39 Å². The number of hydrogen-bond donors (Lipinski definition) is 6. The van der Waals surface area contributed by atoms with Gasteiger partial charge >= 0.3 is 11.0 Å². The van der Waals surface area contributed by atoms with Gasteiger partial charge in [0.05, 0.1) is 104 Å². The lowest BCUT2D eigenvalue weighted by Gasteiger charge is -2.11. The number of carbonyl (C=O) groups excluding carboxylic acids is 2. The minimum atomic E-state index is -0.876. The fourth-order valence-corrected chi connectivity index (χ4v) is 9.43. The number of nitrogen functional groups attached to an aromatic ring is 2. The molecule has 0 radical (unpaired) electrons. The Morgan fingerprint density at radius 3 is 1.61 bits per heavy atom. The minimum Gasteiger partial charge on any atom is -0.493 e. The summed E-state index contributed by atoms with van der Waals surface area (Å²) in [5, 5.41) is 32.8. The Morgan fingerprint density at radius 2 is 1.13 bits per heavy atom. The fraction of sp³-hybridized carbons (Fsp3) is 0.369. The number of halogens is 8. The third kappa shape index (κ3) is 30.6. The highest BCUT2D eigenvalue weighted by atomic mass is 35.5. The third-order valence-corrected chi connectivity index (χ3v) is 15.1. The van der Waals surface area contributed by atoms with Gasteiger partial charge in [-0.15, -0.1) is 12.4 Å². The smallest absolute Gasteiger partial charge is 0.344 e. The van der Waals surface area contributed by atoms with E-state index in [-0.39, 0.29) is 47.6 Å². The molecule has 0 atom stereocenters. The second kappa shape index (κ2) is 48.1. The lowest BCUT2D eigenvalue weighted by Crippen LogP contribution is -2.18. The number of amidine groups is 1. The highest BCUT2D eigenvalue weighted by Crippen LogP contribution is 2.31. The number of carbonyl (C=O) groups is 2. The van der Waals surface area contributed by atoms with Gasteiger partial charge < -0.3 is 70.1 Å². The molecule has 0 unspecified atom stereocenters. The van der Waals surface area contributed by atoms with E-state index in [9.17, 15) is 34.2 Å². The summed E-state index contributed by atoms with van der Waals surface area (Å²) in [4.78, 5) is 55.4. The number of amides is 1. The predicted octanol–water partition coefficient (Wildman–Crippen LogP) is 13.1. The van der Waals surface area contributed by atoms with Crippen LogP contribution >= 0.6 is 82.0 Å². The van der Waals surface area contributed by atoms with E-state index in [4.69, 9.17) is 115 Å². The molecule has 1 aliphatic heterocycles. The van der Waals surface area contributed by atoms with Gasteiger partial charge in [0.25, 0.3) is 5.69 Å². The van der Waals surface area contributed by atoms with Crippen LogP contribution in [-0.4, -0.2) is 185 Å². The first-order chi connectivity index (χ1) is 47.3. The van der Waals surface area contributed by atoms with Crippen LogP contribution in [0, 0.1) is 26.0 Å². The summed E-state index contributed by atoms with van der Waals surface area (Å²) in [5.74, 6) is 0.577. The van der Waals surface area contributed by atoms with Gasteiger partial charge in [0, 0.05) is 136 Å². The van der Waals surface area contributed by atoms with Crippen LogP contribution in [-0.2, 0) is 41.6 Å². The van der Waals surface area contributed by atoms with Crippen molar-refractivity contribution in [3.63, 3.8) is 0 Å². The number of nitrogens with zero attached hydrogens (tertiary/aromatic N) is 8. The molecule has 0 bridgehead atoms. The molecule has 0 fully saturated rings. The van der Waals surface area contributed by atoms with Gasteiger partial charge in [-0.1, -0.05) is 58.0 Å². The Balaban J connectivity index is 0.000000426. The van der Waals surface area contributed by atoms with Gasteiger partial charge in [0.1, 0.15) is 18.8 Å². The normalized spacial score (nSPS) is 11.1. The number of nitro groups is 2. The van der Waals surface area contributed by atoms with Gasteiger partial charge in [0.2, 0.25) is 23.6 Å².